The maximum absolute atomic E-state index is 13.6. The number of halogens is 2. The van der Waals surface area contributed by atoms with Crippen molar-refractivity contribution in [1.82, 2.24) is 20.1 Å². The number of amides is 1. The van der Waals surface area contributed by atoms with Crippen molar-refractivity contribution in [2.24, 2.45) is 0 Å². The molecule has 43 heavy (non-hydrogen) atoms. The standard InChI is InChI=1S/C30H30Cl2N6O5/c1-30(2,3)43-29(40)21-9-12-23(13-10-21)33-28(39)26(15-20-7-5-4-6-8-20)38-19-41-37(18-42-38)25-16-22(31)11-14-24(25)36-17-27(32)34-35-36/h4-14,16-17,26H,15,18-19H2,1-3H3,(H,33,39). The Hall–Kier alpha value is -4.00. The lowest BCUT2D eigenvalue weighted by Crippen LogP contribution is -2.52. The van der Waals surface area contributed by atoms with E-state index in [2.05, 4.69) is 15.6 Å². The highest BCUT2D eigenvalue weighted by atomic mass is 35.5. The van der Waals surface area contributed by atoms with Crippen molar-refractivity contribution in [2.45, 2.75) is 38.8 Å². The van der Waals surface area contributed by atoms with E-state index in [0.717, 1.165) is 5.56 Å². The minimum absolute atomic E-state index is 0.0427. The van der Waals surface area contributed by atoms with Crippen molar-refractivity contribution < 1.29 is 24.0 Å². The van der Waals surface area contributed by atoms with E-state index in [1.807, 2.05) is 30.3 Å². The van der Waals surface area contributed by atoms with Gasteiger partial charge in [-0.1, -0.05) is 58.7 Å². The number of carbonyl (C=O) groups excluding carboxylic acids is 2. The van der Waals surface area contributed by atoms with Crippen LogP contribution in [0.5, 0.6) is 0 Å². The molecule has 1 amide bonds. The summed E-state index contributed by atoms with van der Waals surface area (Å²) in [4.78, 5) is 38.1. The smallest absolute Gasteiger partial charge is 0.338 e. The van der Waals surface area contributed by atoms with Crippen molar-refractivity contribution >= 4 is 46.5 Å². The number of hydroxylamine groups is 3. The molecule has 0 bridgehead atoms. The monoisotopic (exact) mass is 624 g/mol. The molecule has 3 aromatic carbocycles. The lowest BCUT2D eigenvalue weighted by Gasteiger charge is -2.38. The van der Waals surface area contributed by atoms with Crippen LogP contribution >= 0.6 is 23.2 Å². The molecule has 0 aliphatic carbocycles. The van der Waals surface area contributed by atoms with E-state index < -0.39 is 17.6 Å². The summed E-state index contributed by atoms with van der Waals surface area (Å²) in [5, 5.41) is 14.5. The molecule has 2 heterocycles. The van der Waals surface area contributed by atoms with Crippen LogP contribution in [0.25, 0.3) is 5.69 Å². The van der Waals surface area contributed by atoms with Gasteiger partial charge in [0.25, 0.3) is 0 Å². The first-order valence-corrected chi connectivity index (χ1v) is 14.2. The van der Waals surface area contributed by atoms with Gasteiger partial charge in [-0.05, 0) is 75.2 Å². The summed E-state index contributed by atoms with van der Waals surface area (Å²) in [5.41, 5.74) is 2.42. The highest BCUT2D eigenvalue weighted by Gasteiger charge is 2.33. The zero-order chi connectivity index (χ0) is 30.6. The molecule has 0 spiro atoms. The van der Waals surface area contributed by atoms with Gasteiger partial charge in [-0.3, -0.25) is 14.5 Å². The van der Waals surface area contributed by atoms with Gasteiger partial charge in [0.05, 0.1) is 23.1 Å². The molecule has 1 fully saturated rings. The Labute approximate surface area is 258 Å². The van der Waals surface area contributed by atoms with Crippen LogP contribution < -0.4 is 10.4 Å². The van der Waals surface area contributed by atoms with Gasteiger partial charge in [0.15, 0.2) is 18.6 Å². The van der Waals surface area contributed by atoms with E-state index in [1.165, 1.54) is 14.8 Å². The maximum Gasteiger partial charge on any atom is 0.338 e. The van der Waals surface area contributed by atoms with Crippen molar-refractivity contribution in [1.29, 1.82) is 0 Å². The molecule has 1 unspecified atom stereocenters. The summed E-state index contributed by atoms with van der Waals surface area (Å²) in [6.45, 7) is 5.31. The topological polar surface area (TPSA) is 111 Å². The van der Waals surface area contributed by atoms with Gasteiger partial charge in [-0.25, -0.2) is 14.5 Å². The Morgan fingerprint density at radius 3 is 2.35 bits per heavy atom. The number of nitrogens with one attached hydrogen (secondary N) is 1. The third-order valence-corrected chi connectivity index (χ3v) is 6.72. The predicted octanol–water partition coefficient (Wildman–Crippen LogP) is 5.68. The van der Waals surface area contributed by atoms with E-state index in [-0.39, 0.29) is 24.5 Å². The molecule has 4 aromatic rings. The van der Waals surface area contributed by atoms with Gasteiger partial charge < -0.3 is 10.1 Å². The highest BCUT2D eigenvalue weighted by Crippen LogP contribution is 2.30. The largest absolute Gasteiger partial charge is 0.456 e. The molecule has 5 rings (SSSR count). The molecule has 1 aromatic heterocycles. The van der Waals surface area contributed by atoms with E-state index in [0.29, 0.717) is 34.1 Å². The number of carbonyl (C=O) groups is 2. The molecule has 0 radical (unpaired) electrons. The minimum atomic E-state index is -0.747. The number of hydrogen-bond donors (Lipinski definition) is 1. The SMILES string of the molecule is CC(C)(C)OC(=O)c1ccc(NC(=O)C(Cc2ccccc2)N2CON(c3cc(Cl)ccc3-n3cc(Cl)nn3)CO2)cc1. The molecular formula is C30H30Cl2N6O5. The van der Waals surface area contributed by atoms with Crippen molar-refractivity contribution in [3.8, 4) is 5.69 Å². The quantitative estimate of drug-likeness (QED) is 0.247. The Morgan fingerprint density at radius 2 is 1.72 bits per heavy atom. The summed E-state index contributed by atoms with van der Waals surface area (Å²) in [6, 6.07) is 20.6. The Kier molecular flexibility index (Phi) is 9.28. The average Bonchev–Trinajstić information content (AvgIpc) is 3.42. The van der Waals surface area contributed by atoms with Crippen LogP contribution in [0.15, 0.2) is 79.0 Å². The average molecular weight is 626 g/mol. The molecule has 224 valence electrons. The molecule has 1 aliphatic rings. The zero-order valence-corrected chi connectivity index (χ0v) is 25.2. The Bertz CT molecular complexity index is 1570. The Balaban J connectivity index is 1.31. The van der Waals surface area contributed by atoms with Crippen molar-refractivity contribution in [2.75, 3.05) is 23.8 Å². The number of rotatable bonds is 8. The molecule has 13 heteroatoms. The van der Waals surface area contributed by atoms with E-state index >= 15 is 0 Å². The van der Waals surface area contributed by atoms with Crippen molar-refractivity contribution in [3.63, 3.8) is 0 Å². The second-order valence-corrected chi connectivity index (χ2v) is 11.5. The van der Waals surface area contributed by atoms with Crippen LogP contribution in [0.4, 0.5) is 11.4 Å². The van der Waals surface area contributed by atoms with Gasteiger partial charge in [-0.2, -0.15) is 0 Å². The first-order valence-electron chi connectivity index (χ1n) is 13.4. The molecule has 1 atom stereocenters. The first-order chi connectivity index (χ1) is 20.6. The Morgan fingerprint density at radius 1 is 0.977 bits per heavy atom. The predicted molar refractivity (Wildman–Crippen MR) is 162 cm³/mol. The number of benzene rings is 3. The molecule has 11 nitrogen and oxygen atoms in total. The van der Waals surface area contributed by atoms with E-state index in [4.69, 9.17) is 37.6 Å². The van der Waals surface area contributed by atoms with Gasteiger partial charge in [0, 0.05) is 10.7 Å². The second-order valence-electron chi connectivity index (χ2n) is 10.7. The minimum Gasteiger partial charge on any atom is -0.456 e. The van der Waals surface area contributed by atoms with Gasteiger partial charge in [0.2, 0.25) is 5.91 Å². The van der Waals surface area contributed by atoms with Crippen LogP contribution in [0.1, 0.15) is 36.7 Å². The van der Waals surface area contributed by atoms with Gasteiger partial charge in [0.1, 0.15) is 11.6 Å². The third kappa shape index (κ3) is 7.89. The molecule has 1 aliphatic heterocycles. The van der Waals surface area contributed by atoms with Crippen molar-refractivity contribution in [3.05, 3.63) is 100 Å². The summed E-state index contributed by atoms with van der Waals surface area (Å²) in [6.07, 6.45) is 1.91. The van der Waals surface area contributed by atoms with E-state index in [9.17, 15) is 9.59 Å². The molecular weight excluding hydrogens is 595 g/mol. The zero-order valence-electron chi connectivity index (χ0n) is 23.7. The highest BCUT2D eigenvalue weighted by molar-refractivity contribution is 6.31. The molecule has 0 saturated carbocycles. The summed E-state index contributed by atoms with van der Waals surface area (Å²) in [5.74, 6) is -0.753. The fourth-order valence-electron chi connectivity index (χ4n) is 4.31. The number of anilines is 2. The van der Waals surface area contributed by atoms with Gasteiger partial charge >= 0.3 is 5.97 Å². The van der Waals surface area contributed by atoms with Crippen LogP contribution in [-0.4, -0.2) is 57.0 Å². The summed E-state index contributed by atoms with van der Waals surface area (Å²) >= 11 is 12.3. The molecule has 1 saturated heterocycles. The maximum atomic E-state index is 13.6. The lowest BCUT2D eigenvalue weighted by molar-refractivity contribution is -0.279. The van der Waals surface area contributed by atoms with Crippen LogP contribution in [0, 0.1) is 0 Å². The third-order valence-electron chi connectivity index (χ3n) is 6.31. The first kappa shape index (κ1) is 30.5. The fraction of sp³-hybridized carbons (Fsp3) is 0.267. The molecule has 1 N–H and O–H groups in total. The summed E-state index contributed by atoms with van der Waals surface area (Å²) in [7, 11) is 0. The summed E-state index contributed by atoms with van der Waals surface area (Å²) < 4.78 is 6.92. The van der Waals surface area contributed by atoms with Gasteiger partial charge in [-0.15, -0.1) is 10.2 Å². The second kappa shape index (κ2) is 13.1. The van der Waals surface area contributed by atoms with Crippen LogP contribution in [-0.2, 0) is 25.6 Å². The normalized spacial score (nSPS) is 14.8. The number of esters is 1. The number of nitrogens with zero attached hydrogens (tertiary/aromatic N) is 5. The van der Waals surface area contributed by atoms with E-state index in [1.54, 1.807) is 69.4 Å². The number of aromatic nitrogens is 3. The fourth-order valence-corrected chi connectivity index (χ4v) is 4.61. The number of ether oxygens (including phenoxy) is 1. The van der Waals surface area contributed by atoms with Crippen LogP contribution in [0.2, 0.25) is 10.2 Å². The lowest BCUT2D eigenvalue weighted by atomic mass is 10.0. The van der Waals surface area contributed by atoms with Crippen LogP contribution in [0.3, 0.4) is 0 Å². The number of hydrogen-bond acceptors (Lipinski definition) is 9.